The minimum atomic E-state index is -0.0616. The Morgan fingerprint density at radius 1 is 1.04 bits per heavy atom. The van der Waals surface area contributed by atoms with Gasteiger partial charge in [0.05, 0.1) is 0 Å². The Balaban J connectivity index is 1.65. The van der Waals surface area contributed by atoms with Gasteiger partial charge in [-0.3, -0.25) is 9.79 Å². The molecular weight excluding hydrogens is 380 g/mol. The average molecular weight is 405 g/mol. The molecule has 0 radical (unpaired) electrons. The highest BCUT2D eigenvalue weighted by Gasteiger charge is 2.00. The van der Waals surface area contributed by atoms with Crippen LogP contribution in [0.15, 0.2) is 58.4 Å². The first-order chi connectivity index (χ1) is 13.1. The van der Waals surface area contributed by atoms with Crippen molar-refractivity contribution >= 4 is 40.9 Å². The van der Waals surface area contributed by atoms with E-state index in [1.54, 1.807) is 18.8 Å². The maximum absolute atomic E-state index is 11.0. The molecule has 0 aliphatic carbocycles. The summed E-state index contributed by atoms with van der Waals surface area (Å²) in [5.74, 6) is 1.67. The number of nitrogens with zero attached hydrogens (tertiary/aromatic N) is 1. The molecule has 2 aromatic rings. The number of rotatable bonds is 8. The van der Waals surface area contributed by atoms with E-state index in [0.29, 0.717) is 0 Å². The van der Waals surface area contributed by atoms with Crippen LogP contribution >= 0.6 is 23.4 Å². The molecule has 27 heavy (non-hydrogen) atoms. The summed E-state index contributed by atoms with van der Waals surface area (Å²) in [6.45, 7) is 3.10. The van der Waals surface area contributed by atoms with E-state index >= 15 is 0 Å². The number of anilines is 1. The van der Waals surface area contributed by atoms with Crippen LogP contribution in [0.25, 0.3) is 0 Å². The van der Waals surface area contributed by atoms with Crippen molar-refractivity contribution in [2.75, 3.05) is 31.2 Å². The van der Waals surface area contributed by atoms with Gasteiger partial charge in [0.15, 0.2) is 5.96 Å². The summed E-state index contributed by atoms with van der Waals surface area (Å²) in [6.07, 6.45) is 0.876. The average Bonchev–Trinajstić information content (AvgIpc) is 2.66. The molecule has 7 heteroatoms. The SMILES string of the molecule is CN=C(NCCSc1ccc(Cl)cc1)NCCc1ccc(NC(C)=O)cc1. The van der Waals surface area contributed by atoms with Gasteiger partial charge in [0, 0.05) is 48.4 Å². The number of aliphatic imine (C=N–C) groups is 1. The van der Waals surface area contributed by atoms with E-state index in [-0.39, 0.29) is 5.91 Å². The van der Waals surface area contributed by atoms with Gasteiger partial charge in [-0.2, -0.15) is 0 Å². The quantitative estimate of drug-likeness (QED) is 0.271. The molecule has 0 fully saturated rings. The summed E-state index contributed by atoms with van der Waals surface area (Å²) in [7, 11) is 1.77. The van der Waals surface area contributed by atoms with Gasteiger partial charge in [-0.15, -0.1) is 11.8 Å². The first-order valence-corrected chi connectivity index (χ1v) is 10.1. The number of hydrogen-bond donors (Lipinski definition) is 3. The lowest BCUT2D eigenvalue weighted by Gasteiger charge is -2.12. The van der Waals surface area contributed by atoms with Crippen LogP contribution in [0.2, 0.25) is 5.02 Å². The third-order valence-corrected chi connectivity index (χ3v) is 4.95. The third kappa shape index (κ3) is 8.37. The van der Waals surface area contributed by atoms with Crippen molar-refractivity contribution in [1.29, 1.82) is 0 Å². The van der Waals surface area contributed by atoms with E-state index in [0.717, 1.165) is 41.9 Å². The van der Waals surface area contributed by atoms with E-state index < -0.39 is 0 Å². The summed E-state index contributed by atoms with van der Waals surface area (Å²) in [5.41, 5.74) is 2.01. The predicted molar refractivity (Wildman–Crippen MR) is 116 cm³/mol. The summed E-state index contributed by atoms with van der Waals surface area (Å²) < 4.78 is 0. The normalized spacial score (nSPS) is 11.1. The van der Waals surface area contributed by atoms with Crippen LogP contribution in [0, 0.1) is 0 Å². The van der Waals surface area contributed by atoms with Gasteiger partial charge in [-0.25, -0.2) is 0 Å². The zero-order chi connectivity index (χ0) is 19.5. The number of carbonyl (C=O) groups is 1. The number of nitrogens with one attached hydrogen (secondary N) is 3. The number of guanidine groups is 1. The largest absolute Gasteiger partial charge is 0.356 e. The summed E-state index contributed by atoms with van der Waals surface area (Å²) in [6, 6.07) is 15.7. The van der Waals surface area contributed by atoms with Crippen LogP contribution in [0.1, 0.15) is 12.5 Å². The molecular formula is C20H25ClN4OS. The second-order valence-corrected chi connectivity index (χ2v) is 7.46. The van der Waals surface area contributed by atoms with Crippen molar-refractivity contribution in [3.05, 3.63) is 59.1 Å². The van der Waals surface area contributed by atoms with Gasteiger partial charge in [0.25, 0.3) is 0 Å². The lowest BCUT2D eigenvalue weighted by atomic mass is 10.1. The third-order valence-electron chi connectivity index (χ3n) is 3.68. The van der Waals surface area contributed by atoms with Gasteiger partial charge in [0.2, 0.25) is 5.91 Å². The molecule has 0 saturated heterocycles. The summed E-state index contributed by atoms with van der Waals surface area (Å²) >= 11 is 7.67. The Bertz CT molecular complexity index is 748. The molecule has 3 N–H and O–H groups in total. The topological polar surface area (TPSA) is 65.5 Å². The molecule has 2 aromatic carbocycles. The van der Waals surface area contributed by atoms with Gasteiger partial charge in [0.1, 0.15) is 0 Å². The number of thioether (sulfide) groups is 1. The molecule has 0 spiro atoms. The highest BCUT2D eigenvalue weighted by molar-refractivity contribution is 7.99. The number of hydrogen-bond acceptors (Lipinski definition) is 3. The molecule has 0 bridgehead atoms. The minimum absolute atomic E-state index is 0.0616. The van der Waals surface area contributed by atoms with Crippen molar-refractivity contribution in [3.63, 3.8) is 0 Å². The number of amides is 1. The van der Waals surface area contributed by atoms with E-state index in [9.17, 15) is 4.79 Å². The number of carbonyl (C=O) groups excluding carboxylic acids is 1. The maximum atomic E-state index is 11.0. The first kappa shape index (κ1) is 21.1. The molecule has 0 unspecified atom stereocenters. The smallest absolute Gasteiger partial charge is 0.221 e. The first-order valence-electron chi connectivity index (χ1n) is 8.76. The fraction of sp³-hybridized carbons (Fsp3) is 0.300. The van der Waals surface area contributed by atoms with Crippen LogP contribution in [-0.2, 0) is 11.2 Å². The van der Waals surface area contributed by atoms with E-state index in [2.05, 4.69) is 20.9 Å². The van der Waals surface area contributed by atoms with Crippen molar-refractivity contribution in [2.24, 2.45) is 4.99 Å². The van der Waals surface area contributed by atoms with Crippen LogP contribution in [0.5, 0.6) is 0 Å². The lowest BCUT2D eigenvalue weighted by molar-refractivity contribution is -0.114. The minimum Gasteiger partial charge on any atom is -0.356 e. The molecule has 144 valence electrons. The molecule has 1 amide bonds. The van der Waals surface area contributed by atoms with Crippen molar-refractivity contribution in [1.82, 2.24) is 10.6 Å². The highest BCUT2D eigenvalue weighted by Crippen LogP contribution is 2.19. The van der Waals surface area contributed by atoms with Crippen LogP contribution in [0.3, 0.4) is 0 Å². The Hall–Kier alpha value is -2.18. The molecule has 0 heterocycles. The Kier molecular flexibility index (Phi) is 9.01. The second-order valence-electron chi connectivity index (χ2n) is 5.86. The van der Waals surface area contributed by atoms with Gasteiger partial charge in [-0.05, 0) is 48.4 Å². The van der Waals surface area contributed by atoms with Gasteiger partial charge < -0.3 is 16.0 Å². The van der Waals surface area contributed by atoms with Crippen molar-refractivity contribution < 1.29 is 4.79 Å². The molecule has 0 aromatic heterocycles. The molecule has 5 nitrogen and oxygen atoms in total. The molecule has 0 atom stereocenters. The van der Waals surface area contributed by atoms with Crippen LogP contribution < -0.4 is 16.0 Å². The molecule has 0 aliphatic rings. The van der Waals surface area contributed by atoms with Crippen molar-refractivity contribution in [2.45, 2.75) is 18.2 Å². The summed E-state index contributed by atoms with van der Waals surface area (Å²) in [5, 5.41) is 10.1. The molecule has 0 aliphatic heterocycles. The van der Waals surface area contributed by atoms with Crippen molar-refractivity contribution in [3.8, 4) is 0 Å². The fourth-order valence-electron chi connectivity index (χ4n) is 2.37. The molecule has 2 rings (SSSR count). The number of benzene rings is 2. The van der Waals surface area contributed by atoms with Gasteiger partial charge >= 0.3 is 0 Å². The number of halogens is 1. The summed E-state index contributed by atoms with van der Waals surface area (Å²) in [4.78, 5) is 16.5. The van der Waals surface area contributed by atoms with E-state index in [4.69, 9.17) is 11.6 Å². The zero-order valence-corrected chi connectivity index (χ0v) is 17.2. The fourth-order valence-corrected chi connectivity index (χ4v) is 3.27. The monoisotopic (exact) mass is 404 g/mol. The standard InChI is InChI=1S/C20H25ClN4OS/c1-15(26)25-18-7-3-16(4-8-18)11-12-23-20(22-2)24-13-14-27-19-9-5-17(21)6-10-19/h3-10H,11-14H2,1-2H3,(H,25,26)(H2,22,23,24). The van der Waals surface area contributed by atoms with Crippen LogP contribution in [0.4, 0.5) is 5.69 Å². The van der Waals surface area contributed by atoms with E-state index in [1.165, 1.54) is 17.4 Å². The van der Waals surface area contributed by atoms with Crippen LogP contribution in [-0.4, -0.2) is 37.8 Å². The molecule has 0 saturated carbocycles. The zero-order valence-electron chi connectivity index (χ0n) is 15.6. The Morgan fingerprint density at radius 2 is 1.70 bits per heavy atom. The Labute approximate surface area is 170 Å². The highest BCUT2D eigenvalue weighted by atomic mass is 35.5. The second kappa shape index (κ2) is 11.5. The maximum Gasteiger partial charge on any atom is 0.221 e. The van der Waals surface area contributed by atoms with E-state index in [1.807, 2.05) is 48.5 Å². The van der Waals surface area contributed by atoms with Gasteiger partial charge in [-0.1, -0.05) is 23.7 Å². The lowest BCUT2D eigenvalue weighted by Crippen LogP contribution is -2.39. The Morgan fingerprint density at radius 3 is 2.33 bits per heavy atom. The predicted octanol–water partition coefficient (Wildman–Crippen LogP) is 3.80.